The summed E-state index contributed by atoms with van der Waals surface area (Å²) >= 11 is 0. The maximum atomic E-state index is 11.1. The van der Waals surface area contributed by atoms with Gasteiger partial charge < -0.3 is 21.1 Å². The number of hydrogen-bond acceptors (Lipinski definition) is 7. The van der Waals surface area contributed by atoms with Crippen molar-refractivity contribution in [2.45, 2.75) is 6.42 Å². The number of amides is 3. The largest absolute Gasteiger partial charge is 0.481 e. The third-order valence-electron chi connectivity index (χ3n) is 2.13. The van der Waals surface area contributed by atoms with Crippen LogP contribution in [0.3, 0.4) is 0 Å². The first kappa shape index (κ1) is 18.7. The molecule has 0 radical (unpaired) electrons. The summed E-state index contributed by atoms with van der Waals surface area (Å²) in [5.41, 5.74) is 0. The first-order valence-electron chi connectivity index (χ1n) is 6.19. The number of hydrogen-bond donors (Lipinski definition) is 5. The van der Waals surface area contributed by atoms with Crippen LogP contribution in [-0.4, -0.2) is 67.8 Å². The van der Waals surface area contributed by atoms with Crippen molar-refractivity contribution in [3.8, 4) is 0 Å². The average Bonchev–Trinajstić information content (AvgIpc) is 2.44. The Morgan fingerprint density at radius 1 is 0.857 bits per heavy atom. The summed E-state index contributed by atoms with van der Waals surface area (Å²) in [6.45, 7) is 2.05. The van der Waals surface area contributed by atoms with E-state index in [2.05, 4.69) is 16.0 Å². The third kappa shape index (κ3) is 11.2. The molecule has 0 heterocycles. The van der Waals surface area contributed by atoms with Crippen LogP contribution < -0.4 is 21.3 Å². The SMILES string of the molecule is O=CC(=O)NC(=O)C(=O)NCCNCCNCCC(=O)O. The molecule has 0 atom stereocenters. The predicted octanol–water partition coefficient (Wildman–Crippen LogP) is -3.40. The van der Waals surface area contributed by atoms with E-state index in [9.17, 15) is 24.0 Å². The lowest BCUT2D eigenvalue weighted by Crippen LogP contribution is -2.45. The van der Waals surface area contributed by atoms with E-state index in [4.69, 9.17) is 5.11 Å². The second-order valence-corrected chi connectivity index (χ2v) is 3.84. The van der Waals surface area contributed by atoms with Gasteiger partial charge in [-0.1, -0.05) is 0 Å². The molecule has 0 aromatic rings. The van der Waals surface area contributed by atoms with E-state index in [-0.39, 0.29) is 19.3 Å². The molecule has 0 fully saturated rings. The fourth-order valence-corrected chi connectivity index (χ4v) is 1.16. The van der Waals surface area contributed by atoms with E-state index in [1.807, 2.05) is 0 Å². The maximum absolute atomic E-state index is 11.1. The monoisotopic (exact) mass is 302 g/mol. The Balaban J connectivity index is 3.48. The average molecular weight is 302 g/mol. The van der Waals surface area contributed by atoms with Crippen LogP contribution in [0.15, 0.2) is 0 Å². The Morgan fingerprint density at radius 2 is 1.43 bits per heavy atom. The number of imide groups is 1. The van der Waals surface area contributed by atoms with Gasteiger partial charge in [0.05, 0.1) is 6.42 Å². The topological polar surface area (TPSA) is 154 Å². The van der Waals surface area contributed by atoms with Crippen LogP contribution >= 0.6 is 0 Å². The van der Waals surface area contributed by atoms with E-state index in [0.29, 0.717) is 26.2 Å². The summed E-state index contributed by atoms with van der Waals surface area (Å²) in [6.07, 6.45) is -0.0607. The highest BCUT2D eigenvalue weighted by molar-refractivity contribution is 6.42. The third-order valence-corrected chi connectivity index (χ3v) is 2.13. The highest BCUT2D eigenvalue weighted by Gasteiger charge is 2.15. The Labute approximate surface area is 120 Å². The zero-order valence-electron chi connectivity index (χ0n) is 11.3. The smallest absolute Gasteiger partial charge is 0.316 e. The Hall–Kier alpha value is -2.33. The fraction of sp³-hybridized carbons (Fsp3) is 0.545. The van der Waals surface area contributed by atoms with E-state index < -0.39 is 23.7 Å². The summed E-state index contributed by atoms with van der Waals surface area (Å²) in [5.74, 6) is -4.25. The van der Waals surface area contributed by atoms with Crippen molar-refractivity contribution in [3.63, 3.8) is 0 Å². The van der Waals surface area contributed by atoms with Crippen molar-refractivity contribution in [1.29, 1.82) is 0 Å². The molecule has 0 rings (SSSR count). The second-order valence-electron chi connectivity index (χ2n) is 3.84. The minimum absolute atomic E-state index is 0.0463. The summed E-state index contributed by atoms with van der Waals surface area (Å²) in [7, 11) is 0. The van der Waals surface area contributed by atoms with E-state index in [1.165, 1.54) is 0 Å². The first-order valence-corrected chi connectivity index (χ1v) is 6.19. The number of carbonyl (C=O) groups is 5. The molecule has 118 valence electrons. The number of carbonyl (C=O) groups excluding carboxylic acids is 4. The molecular weight excluding hydrogens is 284 g/mol. The minimum Gasteiger partial charge on any atom is -0.481 e. The lowest BCUT2D eigenvalue weighted by Gasteiger charge is -2.07. The second kappa shape index (κ2) is 11.5. The van der Waals surface area contributed by atoms with Crippen LogP contribution in [0.25, 0.3) is 0 Å². The van der Waals surface area contributed by atoms with Gasteiger partial charge in [0, 0.05) is 32.7 Å². The van der Waals surface area contributed by atoms with Crippen molar-refractivity contribution in [2.75, 3.05) is 32.7 Å². The molecule has 0 aliphatic carbocycles. The Morgan fingerprint density at radius 3 is 2.00 bits per heavy atom. The highest BCUT2D eigenvalue weighted by atomic mass is 16.4. The molecule has 0 bridgehead atoms. The number of carboxylic acid groups (broad SMARTS) is 1. The molecule has 0 spiro atoms. The maximum Gasteiger partial charge on any atom is 0.316 e. The molecule has 3 amide bonds. The van der Waals surface area contributed by atoms with Crippen LogP contribution in [-0.2, 0) is 24.0 Å². The normalized spacial score (nSPS) is 9.71. The molecule has 0 unspecified atom stereocenters. The lowest BCUT2D eigenvalue weighted by molar-refractivity contribution is -0.143. The van der Waals surface area contributed by atoms with E-state index >= 15 is 0 Å². The molecule has 0 aliphatic heterocycles. The number of aldehydes is 1. The van der Waals surface area contributed by atoms with Crippen LogP contribution in [0.4, 0.5) is 0 Å². The van der Waals surface area contributed by atoms with Gasteiger partial charge in [0.2, 0.25) is 6.29 Å². The molecule has 5 N–H and O–H groups in total. The fourth-order valence-electron chi connectivity index (χ4n) is 1.16. The molecular formula is C11H18N4O6. The highest BCUT2D eigenvalue weighted by Crippen LogP contribution is 1.74. The van der Waals surface area contributed by atoms with Gasteiger partial charge in [-0.3, -0.25) is 29.3 Å². The first-order chi connectivity index (χ1) is 9.97. The van der Waals surface area contributed by atoms with Crippen LogP contribution in [0.2, 0.25) is 0 Å². The molecule has 0 saturated heterocycles. The van der Waals surface area contributed by atoms with Gasteiger partial charge in [-0.2, -0.15) is 0 Å². The zero-order valence-corrected chi connectivity index (χ0v) is 11.3. The van der Waals surface area contributed by atoms with Crippen molar-refractivity contribution in [1.82, 2.24) is 21.3 Å². The molecule has 0 aliphatic rings. The molecule has 0 aromatic carbocycles. The Kier molecular flexibility index (Phi) is 10.2. The summed E-state index contributed by atoms with van der Waals surface area (Å²) in [5, 5.41) is 18.0. The van der Waals surface area contributed by atoms with Gasteiger partial charge in [0.15, 0.2) is 0 Å². The van der Waals surface area contributed by atoms with Gasteiger partial charge in [0.1, 0.15) is 0 Å². The molecule has 0 aromatic heterocycles. The quantitative estimate of drug-likeness (QED) is 0.159. The van der Waals surface area contributed by atoms with Crippen LogP contribution in [0.5, 0.6) is 0 Å². The predicted molar refractivity (Wildman–Crippen MR) is 70.2 cm³/mol. The van der Waals surface area contributed by atoms with Crippen LogP contribution in [0.1, 0.15) is 6.42 Å². The summed E-state index contributed by atoms with van der Waals surface area (Å²) < 4.78 is 0. The lowest BCUT2D eigenvalue weighted by atomic mass is 10.4. The van der Waals surface area contributed by atoms with Crippen molar-refractivity contribution in [3.05, 3.63) is 0 Å². The number of carboxylic acids is 1. The van der Waals surface area contributed by atoms with E-state index in [1.54, 1.807) is 5.32 Å². The van der Waals surface area contributed by atoms with Gasteiger partial charge in [-0.25, -0.2) is 0 Å². The van der Waals surface area contributed by atoms with Crippen molar-refractivity contribution < 1.29 is 29.1 Å². The van der Waals surface area contributed by atoms with Gasteiger partial charge in [0.25, 0.3) is 5.91 Å². The van der Waals surface area contributed by atoms with Crippen molar-refractivity contribution >= 4 is 30.0 Å². The minimum atomic E-state index is -1.19. The number of aliphatic carboxylic acids is 1. The molecule has 21 heavy (non-hydrogen) atoms. The standard InChI is InChI=1S/C11H18N4O6/c16-7-8(17)15-11(21)10(20)14-6-5-13-4-3-12-2-1-9(18)19/h7,12-13H,1-6H2,(H,14,20)(H,18,19)(H,15,17,21). The molecule has 0 saturated carbocycles. The van der Waals surface area contributed by atoms with E-state index in [0.717, 1.165) is 0 Å². The number of rotatable bonds is 10. The molecule has 10 heteroatoms. The Bertz CT molecular complexity index is 398. The van der Waals surface area contributed by atoms with Gasteiger partial charge in [-0.15, -0.1) is 0 Å². The summed E-state index contributed by atoms with van der Waals surface area (Å²) in [4.78, 5) is 52.9. The molecule has 10 nitrogen and oxygen atoms in total. The van der Waals surface area contributed by atoms with Crippen molar-refractivity contribution in [2.24, 2.45) is 0 Å². The van der Waals surface area contributed by atoms with Gasteiger partial charge in [-0.05, 0) is 0 Å². The number of nitrogens with one attached hydrogen (secondary N) is 4. The zero-order chi connectivity index (χ0) is 16.1. The van der Waals surface area contributed by atoms with Gasteiger partial charge >= 0.3 is 17.8 Å². The summed E-state index contributed by atoms with van der Waals surface area (Å²) in [6, 6.07) is 0. The van der Waals surface area contributed by atoms with Crippen LogP contribution in [0, 0.1) is 0 Å².